The molecule has 1 amide bonds. The van der Waals surface area contributed by atoms with Gasteiger partial charge in [0.15, 0.2) is 0 Å². The Labute approximate surface area is 118 Å². The molecule has 0 N–H and O–H groups in total. The van der Waals surface area contributed by atoms with Crippen molar-refractivity contribution in [3.8, 4) is 0 Å². The van der Waals surface area contributed by atoms with Gasteiger partial charge < -0.3 is 9.80 Å². The van der Waals surface area contributed by atoms with Gasteiger partial charge in [-0.1, -0.05) is 6.92 Å². The monoisotopic (exact) mass is 277 g/mol. The number of amides is 1. The fourth-order valence-electron chi connectivity index (χ4n) is 2.51. The molecule has 0 unspecified atom stereocenters. The highest BCUT2D eigenvalue weighted by molar-refractivity contribution is 5.73. The summed E-state index contributed by atoms with van der Waals surface area (Å²) in [6.45, 7) is 6.43. The molecule has 0 radical (unpaired) electrons. The summed E-state index contributed by atoms with van der Waals surface area (Å²) in [7, 11) is 0. The molecule has 1 fully saturated rings. The van der Waals surface area contributed by atoms with Crippen molar-refractivity contribution >= 4 is 17.3 Å². The van der Waals surface area contributed by atoms with Gasteiger partial charge in [0.1, 0.15) is 0 Å². The van der Waals surface area contributed by atoms with Crippen LogP contribution in [0.3, 0.4) is 0 Å². The van der Waals surface area contributed by atoms with Gasteiger partial charge in [0, 0.05) is 50.4 Å². The molecule has 6 nitrogen and oxygen atoms in total. The zero-order chi connectivity index (χ0) is 14.7. The number of piperazine rings is 1. The maximum atomic E-state index is 11.3. The van der Waals surface area contributed by atoms with Gasteiger partial charge >= 0.3 is 0 Å². The first-order valence-corrected chi connectivity index (χ1v) is 6.80. The average Bonchev–Trinajstić information content (AvgIpc) is 2.46. The molecule has 20 heavy (non-hydrogen) atoms. The van der Waals surface area contributed by atoms with Crippen LogP contribution < -0.4 is 4.90 Å². The molecule has 0 saturated carbocycles. The second-order valence-corrected chi connectivity index (χ2v) is 4.92. The van der Waals surface area contributed by atoms with Crippen molar-refractivity contribution in [1.82, 2.24) is 4.90 Å². The molecule has 1 aromatic carbocycles. The number of carbonyl (C=O) groups is 1. The van der Waals surface area contributed by atoms with Gasteiger partial charge in [0.25, 0.3) is 5.69 Å². The van der Waals surface area contributed by atoms with Crippen molar-refractivity contribution in [1.29, 1.82) is 0 Å². The van der Waals surface area contributed by atoms with E-state index in [9.17, 15) is 14.9 Å². The van der Waals surface area contributed by atoms with Gasteiger partial charge in [-0.2, -0.15) is 0 Å². The minimum absolute atomic E-state index is 0.0996. The van der Waals surface area contributed by atoms with Crippen LogP contribution in [0.5, 0.6) is 0 Å². The normalized spacial score (nSPS) is 15.3. The number of nitro groups is 1. The SMILES string of the molecule is CCc1cc(N2CCN(C(C)=O)CC2)ccc1[N+](=O)[O-]. The molecule has 0 spiro atoms. The van der Waals surface area contributed by atoms with E-state index in [1.807, 2.05) is 17.9 Å². The molecule has 1 saturated heterocycles. The summed E-state index contributed by atoms with van der Waals surface area (Å²) in [6, 6.07) is 5.26. The number of hydrogen-bond donors (Lipinski definition) is 0. The first kappa shape index (κ1) is 14.3. The predicted octanol–water partition coefficient (Wildman–Crippen LogP) is 1.83. The highest BCUT2D eigenvalue weighted by Gasteiger charge is 2.20. The third kappa shape index (κ3) is 2.89. The average molecular weight is 277 g/mol. The Morgan fingerprint density at radius 3 is 2.45 bits per heavy atom. The molecule has 1 aromatic rings. The van der Waals surface area contributed by atoms with Gasteiger partial charge in [0.2, 0.25) is 5.91 Å². The maximum Gasteiger partial charge on any atom is 0.272 e. The highest BCUT2D eigenvalue weighted by Crippen LogP contribution is 2.26. The first-order chi connectivity index (χ1) is 9.52. The van der Waals surface area contributed by atoms with Gasteiger partial charge in [-0.25, -0.2) is 0 Å². The molecule has 0 atom stereocenters. The lowest BCUT2D eigenvalue weighted by Crippen LogP contribution is -2.48. The summed E-state index contributed by atoms with van der Waals surface area (Å²) in [5, 5.41) is 10.9. The van der Waals surface area contributed by atoms with E-state index >= 15 is 0 Å². The molecule has 2 rings (SSSR count). The van der Waals surface area contributed by atoms with Crippen molar-refractivity contribution in [3.63, 3.8) is 0 Å². The Balaban J connectivity index is 2.14. The van der Waals surface area contributed by atoms with Crippen LogP contribution >= 0.6 is 0 Å². The Kier molecular flexibility index (Phi) is 4.22. The number of carbonyl (C=O) groups excluding carboxylic acids is 1. The predicted molar refractivity (Wildman–Crippen MR) is 76.9 cm³/mol. The fraction of sp³-hybridized carbons (Fsp3) is 0.500. The van der Waals surface area contributed by atoms with E-state index in [2.05, 4.69) is 4.90 Å². The number of nitro benzene ring substituents is 1. The standard InChI is InChI=1S/C14H19N3O3/c1-3-12-10-13(4-5-14(12)17(19)20)16-8-6-15(7-9-16)11(2)18/h4-5,10H,3,6-9H2,1-2H3. The minimum Gasteiger partial charge on any atom is -0.368 e. The van der Waals surface area contributed by atoms with E-state index < -0.39 is 0 Å². The molecule has 108 valence electrons. The summed E-state index contributed by atoms with van der Waals surface area (Å²) in [4.78, 5) is 25.9. The van der Waals surface area contributed by atoms with Gasteiger partial charge in [-0.3, -0.25) is 14.9 Å². The smallest absolute Gasteiger partial charge is 0.272 e. The van der Waals surface area contributed by atoms with Crippen LogP contribution in [0.25, 0.3) is 0 Å². The number of rotatable bonds is 3. The van der Waals surface area contributed by atoms with Crippen LogP contribution in [0.2, 0.25) is 0 Å². The second-order valence-electron chi connectivity index (χ2n) is 4.92. The van der Waals surface area contributed by atoms with Crippen LogP contribution in [0.4, 0.5) is 11.4 Å². The zero-order valence-electron chi connectivity index (χ0n) is 11.8. The minimum atomic E-state index is -0.337. The fourth-order valence-corrected chi connectivity index (χ4v) is 2.51. The van der Waals surface area contributed by atoms with Crippen molar-refractivity contribution in [3.05, 3.63) is 33.9 Å². The zero-order valence-corrected chi connectivity index (χ0v) is 11.8. The number of aryl methyl sites for hydroxylation is 1. The summed E-state index contributed by atoms with van der Waals surface area (Å²) >= 11 is 0. The lowest BCUT2D eigenvalue weighted by atomic mass is 10.1. The van der Waals surface area contributed by atoms with E-state index in [1.54, 1.807) is 19.1 Å². The molecule has 6 heteroatoms. The number of nitrogens with zero attached hydrogens (tertiary/aromatic N) is 3. The molecule has 0 aliphatic carbocycles. The van der Waals surface area contributed by atoms with Crippen LogP contribution in [-0.4, -0.2) is 41.9 Å². The molecule has 0 aromatic heterocycles. The topological polar surface area (TPSA) is 66.7 Å². The van der Waals surface area contributed by atoms with Crippen molar-refractivity contribution in [2.45, 2.75) is 20.3 Å². The molecular weight excluding hydrogens is 258 g/mol. The third-order valence-electron chi connectivity index (χ3n) is 3.73. The van der Waals surface area contributed by atoms with Crippen LogP contribution in [0, 0.1) is 10.1 Å². The Hall–Kier alpha value is -2.11. The number of hydrogen-bond acceptors (Lipinski definition) is 4. The molecule has 1 heterocycles. The summed E-state index contributed by atoms with van der Waals surface area (Å²) in [5.74, 6) is 0.0996. The van der Waals surface area contributed by atoms with Crippen LogP contribution in [0.1, 0.15) is 19.4 Å². The van der Waals surface area contributed by atoms with Crippen molar-refractivity contribution in [2.75, 3.05) is 31.1 Å². The Morgan fingerprint density at radius 1 is 1.30 bits per heavy atom. The van der Waals surface area contributed by atoms with Gasteiger partial charge in [-0.05, 0) is 18.6 Å². The lowest BCUT2D eigenvalue weighted by Gasteiger charge is -2.35. The quantitative estimate of drug-likeness (QED) is 0.624. The number of anilines is 1. The van der Waals surface area contributed by atoms with Crippen molar-refractivity contribution < 1.29 is 9.72 Å². The van der Waals surface area contributed by atoms with Crippen LogP contribution in [-0.2, 0) is 11.2 Å². The summed E-state index contributed by atoms with van der Waals surface area (Å²) in [5.41, 5.74) is 1.93. The molecule has 1 aliphatic rings. The Morgan fingerprint density at radius 2 is 1.95 bits per heavy atom. The maximum absolute atomic E-state index is 11.3. The molecule has 1 aliphatic heterocycles. The van der Waals surface area contributed by atoms with Crippen molar-refractivity contribution in [2.24, 2.45) is 0 Å². The second kappa shape index (κ2) is 5.90. The largest absolute Gasteiger partial charge is 0.368 e. The first-order valence-electron chi connectivity index (χ1n) is 6.80. The Bertz CT molecular complexity index is 522. The van der Waals surface area contributed by atoms with E-state index in [0.717, 1.165) is 24.3 Å². The van der Waals surface area contributed by atoms with E-state index in [0.29, 0.717) is 19.5 Å². The van der Waals surface area contributed by atoms with Gasteiger partial charge in [0.05, 0.1) is 4.92 Å². The van der Waals surface area contributed by atoms with E-state index in [4.69, 9.17) is 0 Å². The van der Waals surface area contributed by atoms with Gasteiger partial charge in [-0.15, -0.1) is 0 Å². The highest BCUT2D eigenvalue weighted by atomic mass is 16.6. The lowest BCUT2D eigenvalue weighted by molar-refractivity contribution is -0.385. The molecule has 0 bridgehead atoms. The number of benzene rings is 1. The third-order valence-corrected chi connectivity index (χ3v) is 3.73. The van der Waals surface area contributed by atoms with Crippen LogP contribution in [0.15, 0.2) is 18.2 Å². The van der Waals surface area contributed by atoms with E-state index in [-0.39, 0.29) is 16.5 Å². The summed E-state index contributed by atoms with van der Waals surface area (Å²) < 4.78 is 0. The summed E-state index contributed by atoms with van der Waals surface area (Å²) in [6.07, 6.45) is 0.636. The molecular formula is C14H19N3O3. The van der Waals surface area contributed by atoms with E-state index in [1.165, 1.54) is 0 Å².